The minimum atomic E-state index is -2.66. The Morgan fingerprint density at radius 3 is 2.47 bits per heavy atom. The molecule has 166 valence electrons. The Kier molecular flexibility index (Phi) is 8.19. The van der Waals surface area contributed by atoms with Crippen LogP contribution in [-0.2, 0) is 20.9 Å². The molecule has 0 aliphatic carbocycles. The molecular formula is C20H28F2N4O3S. The summed E-state index contributed by atoms with van der Waals surface area (Å²) in [6, 6.07) is 6.94. The molecular weight excluding hydrogens is 414 g/mol. The number of fused-ring (bicyclic) bond motifs is 1. The quantitative estimate of drug-likeness (QED) is 0.439. The van der Waals surface area contributed by atoms with Gasteiger partial charge in [0.15, 0.2) is 5.16 Å². The zero-order chi connectivity index (χ0) is 22.5. The van der Waals surface area contributed by atoms with E-state index in [0.717, 1.165) is 0 Å². The molecule has 1 aromatic carbocycles. The van der Waals surface area contributed by atoms with E-state index in [-0.39, 0.29) is 24.2 Å². The highest BCUT2D eigenvalue weighted by molar-refractivity contribution is 7.99. The molecule has 0 unspecified atom stereocenters. The van der Waals surface area contributed by atoms with Crippen molar-refractivity contribution >= 4 is 34.7 Å². The van der Waals surface area contributed by atoms with Crippen LogP contribution in [0, 0.1) is 0 Å². The number of alkyl halides is 2. The van der Waals surface area contributed by atoms with E-state index in [4.69, 9.17) is 4.74 Å². The Morgan fingerprint density at radius 2 is 1.87 bits per heavy atom. The van der Waals surface area contributed by atoms with Crippen LogP contribution >= 0.6 is 11.8 Å². The van der Waals surface area contributed by atoms with E-state index in [0.29, 0.717) is 35.9 Å². The van der Waals surface area contributed by atoms with Crippen LogP contribution in [0.2, 0.25) is 0 Å². The third-order valence-electron chi connectivity index (χ3n) is 4.02. The van der Waals surface area contributed by atoms with Gasteiger partial charge in [-0.3, -0.25) is 9.59 Å². The molecule has 1 aromatic heterocycles. The van der Waals surface area contributed by atoms with E-state index < -0.39 is 17.3 Å². The number of esters is 1. The highest BCUT2D eigenvalue weighted by Crippen LogP contribution is 2.28. The summed E-state index contributed by atoms with van der Waals surface area (Å²) >= 11 is 0.292. The largest absolute Gasteiger partial charge is 0.459 e. The number of aromatic nitrogens is 2. The average Bonchev–Trinajstić information content (AvgIpc) is 2.93. The zero-order valence-electron chi connectivity index (χ0n) is 17.9. The third-order valence-corrected chi connectivity index (χ3v) is 4.72. The Balaban J connectivity index is 2.26. The maximum absolute atomic E-state index is 13.1. The number of ether oxygens (including phenoxy) is 1. The molecule has 0 saturated carbocycles. The number of likely N-dealkylation sites (N-methyl/N-ethyl adjacent to an activating group) is 1. The Bertz CT molecular complexity index is 881. The Hall–Kier alpha value is -2.20. The molecule has 1 heterocycles. The first kappa shape index (κ1) is 24.1. The van der Waals surface area contributed by atoms with Gasteiger partial charge >= 0.3 is 5.97 Å². The number of amides is 1. The second kappa shape index (κ2) is 10.2. The molecule has 0 aliphatic heterocycles. The highest BCUT2D eigenvalue weighted by Gasteiger charge is 2.24. The van der Waals surface area contributed by atoms with Gasteiger partial charge in [0.2, 0.25) is 5.91 Å². The summed E-state index contributed by atoms with van der Waals surface area (Å²) in [4.78, 5) is 32.9. The predicted octanol–water partition coefficient (Wildman–Crippen LogP) is 3.08. The van der Waals surface area contributed by atoms with Crippen LogP contribution < -0.4 is 0 Å². The van der Waals surface area contributed by atoms with E-state index >= 15 is 0 Å². The van der Waals surface area contributed by atoms with Gasteiger partial charge in [-0.2, -0.15) is 8.78 Å². The summed E-state index contributed by atoms with van der Waals surface area (Å²) in [5.74, 6) is -3.56. The van der Waals surface area contributed by atoms with Crippen molar-refractivity contribution in [3.8, 4) is 0 Å². The SMILES string of the molecule is CN(C)CCN(CC(=O)OC(C)(C)C)C(=O)Cn1c(SC(F)F)nc2ccccc21. The van der Waals surface area contributed by atoms with Gasteiger partial charge in [-0.1, -0.05) is 12.1 Å². The first-order chi connectivity index (χ1) is 14.0. The zero-order valence-corrected chi connectivity index (χ0v) is 18.7. The van der Waals surface area contributed by atoms with Crippen LogP contribution in [0.3, 0.4) is 0 Å². The van der Waals surface area contributed by atoms with E-state index in [1.165, 1.54) is 9.47 Å². The number of hydrogen-bond donors (Lipinski definition) is 0. The van der Waals surface area contributed by atoms with Crippen molar-refractivity contribution in [1.82, 2.24) is 19.4 Å². The molecule has 0 bridgehead atoms. The monoisotopic (exact) mass is 442 g/mol. The van der Waals surface area contributed by atoms with Crippen LogP contribution in [-0.4, -0.2) is 76.3 Å². The molecule has 0 radical (unpaired) electrons. The molecule has 0 aliphatic rings. The van der Waals surface area contributed by atoms with E-state index in [2.05, 4.69) is 4.98 Å². The number of para-hydroxylation sites is 2. The van der Waals surface area contributed by atoms with Crippen molar-refractivity contribution in [3.63, 3.8) is 0 Å². The third kappa shape index (κ3) is 7.24. The second-order valence-electron chi connectivity index (χ2n) is 8.05. The van der Waals surface area contributed by atoms with Crippen LogP contribution in [0.1, 0.15) is 20.8 Å². The molecule has 0 saturated heterocycles. The number of carbonyl (C=O) groups excluding carboxylic acids is 2. The maximum atomic E-state index is 13.1. The molecule has 2 aromatic rings. The summed E-state index contributed by atoms with van der Waals surface area (Å²) in [5, 5.41) is 0.0596. The smallest absolute Gasteiger partial charge is 0.326 e. The minimum Gasteiger partial charge on any atom is -0.459 e. The number of benzene rings is 1. The predicted molar refractivity (Wildman–Crippen MR) is 113 cm³/mol. The standard InChI is InChI=1S/C20H28F2N4O3S/c1-20(2,3)29-17(28)13-25(11-10-24(4)5)16(27)12-26-15-9-7-6-8-14(15)23-19(26)30-18(21)22/h6-9,18H,10-13H2,1-5H3. The lowest BCUT2D eigenvalue weighted by Gasteiger charge is -2.26. The van der Waals surface area contributed by atoms with Crippen molar-refractivity contribution < 1.29 is 23.1 Å². The van der Waals surface area contributed by atoms with Gasteiger partial charge in [-0.15, -0.1) is 0 Å². The number of rotatable bonds is 9. The second-order valence-corrected chi connectivity index (χ2v) is 9.01. The Labute approximate surface area is 179 Å². The van der Waals surface area contributed by atoms with Crippen molar-refractivity contribution in [2.24, 2.45) is 0 Å². The normalized spacial score (nSPS) is 12.0. The fraction of sp³-hybridized carbons (Fsp3) is 0.550. The van der Waals surface area contributed by atoms with Crippen molar-refractivity contribution in [1.29, 1.82) is 0 Å². The van der Waals surface area contributed by atoms with Crippen LogP contribution in [0.5, 0.6) is 0 Å². The number of carbonyl (C=O) groups is 2. The van der Waals surface area contributed by atoms with Crippen molar-refractivity contribution in [2.75, 3.05) is 33.7 Å². The minimum absolute atomic E-state index is 0.0596. The lowest BCUT2D eigenvalue weighted by molar-refractivity contribution is -0.159. The van der Waals surface area contributed by atoms with E-state index in [1.54, 1.807) is 45.0 Å². The first-order valence-electron chi connectivity index (χ1n) is 9.50. The summed E-state index contributed by atoms with van der Waals surface area (Å²) in [6.45, 7) is 5.68. The lowest BCUT2D eigenvalue weighted by Crippen LogP contribution is -2.43. The fourth-order valence-corrected chi connectivity index (χ4v) is 3.35. The van der Waals surface area contributed by atoms with Gasteiger partial charge < -0.3 is 19.1 Å². The molecule has 1 amide bonds. The van der Waals surface area contributed by atoms with E-state index in [1.807, 2.05) is 19.0 Å². The van der Waals surface area contributed by atoms with Crippen LogP contribution in [0.15, 0.2) is 29.4 Å². The van der Waals surface area contributed by atoms with Gasteiger partial charge in [-0.25, -0.2) is 4.98 Å². The summed E-state index contributed by atoms with van der Waals surface area (Å²) in [5.41, 5.74) is 0.439. The molecule has 0 fully saturated rings. The molecule has 0 N–H and O–H groups in total. The van der Waals surface area contributed by atoms with Gasteiger partial charge in [0, 0.05) is 13.1 Å². The first-order valence-corrected chi connectivity index (χ1v) is 10.4. The number of imidazole rings is 1. The number of halogens is 2. The van der Waals surface area contributed by atoms with E-state index in [9.17, 15) is 18.4 Å². The topological polar surface area (TPSA) is 67.7 Å². The fourth-order valence-electron chi connectivity index (χ4n) is 2.75. The van der Waals surface area contributed by atoms with Crippen LogP contribution in [0.4, 0.5) is 8.78 Å². The van der Waals surface area contributed by atoms with Crippen LogP contribution in [0.25, 0.3) is 11.0 Å². The maximum Gasteiger partial charge on any atom is 0.326 e. The van der Waals surface area contributed by atoms with Gasteiger partial charge in [0.1, 0.15) is 18.7 Å². The number of nitrogens with zero attached hydrogens (tertiary/aromatic N) is 4. The molecule has 0 atom stereocenters. The summed E-state index contributed by atoms with van der Waals surface area (Å²) < 4.78 is 32.8. The van der Waals surface area contributed by atoms with Gasteiger partial charge in [0.25, 0.3) is 5.76 Å². The number of hydrogen-bond acceptors (Lipinski definition) is 6. The number of thioether (sulfide) groups is 1. The Morgan fingerprint density at radius 1 is 1.20 bits per heavy atom. The highest BCUT2D eigenvalue weighted by atomic mass is 32.2. The summed E-state index contributed by atoms with van der Waals surface area (Å²) in [7, 11) is 3.72. The van der Waals surface area contributed by atoms with Crippen molar-refractivity contribution in [2.45, 2.75) is 43.8 Å². The van der Waals surface area contributed by atoms with Gasteiger partial charge in [-0.05, 0) is 58.8 Å². The van der Waals surface area contributed by atoms with Crippen molar-refractivity contribution in [3.05, 3.63) is 24.3 Å². The molecule has 10 heteroatoms. The molecule has 30 heavy (non-hydrogen) atoms. The molecule has 2 rings (SSSR count). The average molecular weight is 443 g/mol. The lowest BCUT2D eigenvalue weighted by atomic mass is 10.2. The molecule has 0 spiro atoms. The summed E-state index contributed by atoms with van der Waals surface area (Å²) in [6.07, 6.45) is 0. The van der Waals surface area contributed by atoms with Gasteiger partial charge in [0.05, 0.1) is 11.0 Å². The molecule has 7 nitrogen and oxygen atoms in total.